The molecule has 3 nitrogen and oxygen atoms in total. The molecule has 106 valence electrons. The van der Waals surface area contributed by atoms with Gasteiger partial charge in [0.1, 0.15) is 10.3 Å². The minimum absolute atomic E-state index is 0.0592. The lowest BCUT2D eigenvalue weighted by Crippen LogP contribution is -2.33. The number of hydrogen-bond donors (Lipinski definition) is 0. The molecule has 0 saturated heterocycles. The number of pyridine rings is 1. The Hall–Kier alpha value is -0.800. The number of aromatic nitrogens is 1. The maximum absolute atomic E-state index is 12.4. The zero-order chi connectivity index (χ0) is 14.3. The molecule has 0 N–H and O–H groups in total. The van der Waals surface area contributed by atoms with Crippen LogP contribution in [-0.4, -0.2) is 28.9 Å². The first-order valence-electron chi connectivity index (χ1n) is 6.71. The van der Waals surface area contributed by atoms with E-state index in [0.29, 0.717) is 10.7 Å². The van der Waals surface area contributed by atoms with E-state index in [9.17, 15) is 4.79 Å². The van der Waals surface area contributed by atoms with Gasteiger partial charge < -0.3 is 4.90 Å². The van der Waals surface area contributed by atoms with Gasteiger partial charge in [0.25, 0.3) is 5.91 Å². The van der Waals surface area contributed by atoms with Crippen LogP contribution in [0.5, 0.6) is 0 Å². The molecule has 0 bridgehead atoms. The molecule has 0 fully saturated rings. The molecular formula is C14H20Cl2N2O. The third-order valence-corrected chi connectivity index (χ3v) is 3.39. The summed E-state index contributed by atoms with van der Waals surface area (Å²) in [5.74, 6) is -0.0592. The summed E-state index contributed by atoms with van der Waals surface area (Å²) in [6, 6.07) is 3.24. The average Bonchev–Trinajstić information content (AvgIpc) is 2.38. The number of amides is 1. The van der Waals surface area contributed by atoms with Crippen LogP contribution in [0.1, 0.15) is 49.9 Å². The highest BCUT2D eigenvalue weighted by molar-refractivity contribution is 6.34. The zero-order valence-electron chi connectivity index (χ0n) is 11.5. The number of halogens is 2. The van der Waals surface area contributed by atoms with Gasteiger partial charge in [0, 0.05) is 13.1 Å². The van der Waals surface area contributed by atoms with Gasteiger partial charge in [-0.05, 0) is 25.0 Å². The summed E-state index contributed by atoms with van der Waals surface area (Å²) in [5, 5.41) is 0.478. The Bertz CT molecular complexity index is 416. The first-order valence-corrected chi connectivity index (χ1v) is 7.47. The summed E-state index contributed by atoms with van der Waals surface area (Å²) in [6.45, 7) is 5.74. The normalized spacial score (nSPS) is 10.5. The molecule has 1 heterocycles. The van der Waals surface area contributed by atoms with Crippen molar-refractivity contribution in [3.8, 4) is 0 Å². The van der Waals surface area contributed by atoms with Crippen LogP contribution in [0.2, 0.25) is 10.3 Å². The molecule has 0 radical (unpaired) electrons. The van der Waals surface area contributed by atoms with Crippen molar-refractivity contribution in [2.24, 2.45) is 0 Å². The van der Waals surface area contributed by atoms with Crippen LogP contribution in [0.25, 0.3) is 0 Å². The molecule has 1 aromatic heterocycles. The Morgan fingerprint density at radius 3 is 2.21 bits per heavy atom. The third-order valence-electron chi connectivity index (χ3n) is 2.90. The first kappa shape index (κ1) is 16.3. The van der Waals surface area contributed by atoms with Crippen LogP contribution in [0.4, 0.5) is 0 Å². The van der Waals surface area contributed by atoms with Crippen molar-refractivity contribution >= 4 is 29.1 Å². The predicted octanol–water partition coefficient (Wildman–Crippen LogP) is 4.43. The molecule has 0 aliphatic carbocycles. The molecule has 1 amide bonds. The highest BCUT2D eigenvalue weighted by Crippen LogP contribution is 2.19. The van der Waals surface area contributed by atoms with Crippen LogP contribution in [0.3, 0.4) is 0 Å². The highest BCUT2D eigenvalue weighted by Gasteiger charge is 2.18. The highest BCUT2D eigenvalue weighted by atomic mass is 35.5. The Morgan fingerprint density at radius 2 is 1.74 bits per heavy atom. The molecule has 0 aliphatic rings. The Balaban J connectivity index is 2.84. The fourth-order valence-corrected chi connectivity index (χ4v) is 2.18. The van der Waals surface area contributed by atoms with Crippen molar-refractivity contribution in [2.45, 2.75) is 39.5 Å². The lowest BCUT2D eigenvalue weighted by atomic mass is 10.2. The fourth-order valence-electron chi connectivity index (χ4n) is 1.75. The second kappa shape index (κ2) is 8.39. The van der Waals surface area contributed by atoms with Gasteiger partial charge in [-0.15, -0.1) is 0 Å². The zero-order valence-corrected chi connectivity index (χ0v) is 13.0. The summed E-state index contributed by atoms with van der Waals surface area (Å²) in [5.41, 5.74) is 0.429. The second-order valence-electron chi connectivity index (χ2n) is 4.47. The van der Waals surface area contributed by atoms with Crippen LogP contribution in [-0.2, 0) is 0 Å². The molecule has 0 spiro atoms. The van der Waals surface area contributed by atoms with E-state index in [1.54, 1.807) is 12.1 Å². The molecule has 0 atom stereocenters. The van der Waals surface area contributed by atoms with Gasteiger partial charge in [-0.1, -0.05) is 49.9 Å². The fraction of sp³-hybridized carbons (Fsp3) is 0.571. The standard InChI is InChI=1S/C14H20Cl2N2O/c1-3-5-9-18(10-6-4-2)14(19)11-7-8-12(15)17-13(11)16/h7-8H,3-6,9-10H2,1-2H3. The molecule has 19 heavy (non-hydrogen) atoms. The van der Waals surface area contributed by atoms with Gasteiger partial charge in [-0.3, -0.25) is 4.79 Å². The number of hydrogen-bond acceptors (Lipinski definition) is 2. The molecule has 1 rings (SSSR count). The summed E-state index contributed by atoms with van der Waals surface area (Å²) in [7, 11) is 0. The van der Waals surface area contributed by atoms with E-state index >= 15 is 0 Å². The Morgan fingerprint density at radius 1 is 1.16 bits per heavy atom. The van der Waals surface area contributed by atoms with E-state index in [1.165, 1.54) is 0 Å². The SMILES string of the molecule is CCCCN(CCCC)C(=O)c1ccc(Cl)nc1Cl. The Labute approximate surface area is 124 Å². The van der Waals surface area contributed by atoms with Crippen molar-refractivity contribution in [3.05, 3.63) is 28.0 Å². The number of carbonyl (C=O) groups excluding carboxylic acids is 1. The summed E-state index contributed by atoms with van der Waals surface area (Å²) in [4.78, 5) is 18.2. The largest absolute Gasteiger partial charge is 0.339 e. The number of unbranched alkanes of at least 4 members (excludes halogenated alkanes) is 2. The summed E-state index contributed by atoms with van der Waals surface area (Å²) >= 11 is 11.7. The van der Waals surface area contributed by atoms with Gasteiger partial charge in [-0.2, -0.15) is 0 Å². The second-order valence-corrected chi connectivity index (χ2v) is 5.22. The van der Waals surface area contributed by atoms with E-state index < -0.39 is 0 Å². The van der Waals surface area contributed by atoms with Gasteiger partial charge >= 0.3 is 0 Å². The third kappa shape index (κ3) is 5.00. The molecule has 5 heteroatoms. The number of rotatable bonds is 7. The maximum atomic E-state index is 12.4. The van der Waals surface area contributed by atoms with Crippen LogP contribution in [0, 0.1) is 0 Å². The maximum Gasteiger partial charge on any atom is 0.256 e. The summed E-state index contributed by atoms with van der Waals surface area (Å²) in [6.07, 6.45) is 4.10. The van der Waals surface area contributed by atoms with Crippen LogP contribution >= 0.6 is 23.2 Å². The van der Waals surface area contributed by atoms with Gasteiger partial charge in [-0.25, -0.2) is 4.98 Å². The predicted molar refractivity (Wildman–Crippen MR) is 80.0 cm³/mol. The Kier molecular flexibility index (Phi) is 7.17. The quantitative estimate of drug-likeness (QED) is 0.698. The van der Waals surface area contributed by atoms with Crippen molar-refractivity contribution in [1.82, 2.24) is 9.88 Å². The lowest BCUT2D eigenvalue weighted by molar-refractivity contribution is 0.0751. The topological polar surface area (TPSA) is 33.2 Å². The minimum atomic E-state index is -0.0592. The monoisotopic (exact) mass is 302 g/mol. The van der Waals surface area contributed by atoms with Crippen molar-refractivity contribution < 1.29 is 4.79 Å². The van der Waals surface area contributed by atoms with Crippen molar-refractivity contribution in [2.75, 3.05) is 13.1 Å². The lowest BCUT2D eigenvalue weighted by Gasteiger charge is -2.22. The van der Waals surface area contributed by atoms with E-state index in [4.69, 9.17) is 23.2 Å². The van der Waals surface area contributed by atoms with Crippen LogP contribution in [0.15, 0.2) is 12.1 Å². The van der Waals surface area contributed by atoms with Gasteiger partial charge in [0.15, 0.2) is 0 Å². The van der Waals surface area contributed by atoms with Crippen LogP contribution < -0.4 is 0 Å². The van der Waals surface area contributed by atoms with E-state index in [0.717, 1.165) is 38.8 Å². The molecule has 0 saturated carbocycles. The van der Waals surface area contributed by atoms with Crippen molar-refractivity contribution in [1.29, 1.82) is 0 Å². The molecule has 1 aromatic rings. The summed E-state index contributed by atoms with van der Waals surface area (Å²) < 4.78 is 0. The first-order chi connectivity index (χ1) is 9.10. The average molecular weight is 303 g/mol. The van der Waals surface area contributed by atoms with E-state index in [2.05, 4.69) is 18.8 Å². The smallest absolute Gasteiger partial charge is 0.256 e. The van der Waals surface area contributed by atoms with Gasteiger partial charge in [0.2, 0.25) is 0 Å². The molecule has 0 aliphatic heterocycles. The molecular weight excluding hydrogens is 283 g/mol. The van der Waals surface area contributed by atoms with E-state index in [-0.39, 0.29) is 11.1 Å². The van der Waals surface area contributed by atoms with E-state index in [1.807, 2.05) is 4.90 Å². The molecule has 0 unspecified atom stereocenters. The minimum Gasteiger partial charge on any atom is -0.339 e. The van der Waals surface area contributed by atoms with Gasteiger partial charge in [0.05, 0.1) is 5.56 Å². The van der Waals surface area contributed by atoms with Crippen molar-refractivity contribution in [3.63, 3.8) is 0 Å². The molecule has 0 aromatic carbocycles. The number of carbonyl (C=O) groups is 1. The number of nitrogens with zero attached hydrogens (tertiary/aromatic N) is 2.